The average Bonchev–Trinajstić information content (AvgIpc) is 2.16. The number of benzene rings is 1. The maximum absolute atomic E-state index is 13.3. The van der Waals surface area contributed by atoms with E-state index in [4.69, 9.17) is 0 Å². The summed E-state index contributed by atoms with van der Waals surface area (Å²) in [6.07, 6.45) is 0.811. The molecule has 0 saturated heterocycles. The topological polar surface area (TPSA) is 80.3 Å². The molecule has 0 heterocycles. The van der Waals surface area contributed by atoms with Crippen molar-refractivity contribution in [3.63, 3.8) is 0 Å². The van der Waals surface area contributed by atoms with Crippen LogP contribution >= 0.6 is 15.9 Å². The lowest BCUT2D eigenvalue weighted by Gasteiger charge is -2.07. The summed E-state index contributed by atoms with van der Waals surface area (Å²) in [5.74, 6) is -0.569. The summed E-state index contributed by atoms with van der Waals surface area (Å²) < 4.78 is 60.5. The third-order valence-corrected chi connectivity index (χ3v) is 5.89. The highest BCUT2D eigenvalue weighted by atomic mass is 79.9. The van der Waals surface area contributed by atoms with Crippen LogP contribution in [0.2, 0.25) is 0 Å². The van der Waals surface area contributed by atoms with Gasteiger partial charge in [-0.25, -0.2) is 25.9 Å². The summed E-state index contributed by atoms with van der Waals surface area (Å²) >= 11 is 3.13. The first-order chi connectivity index (χ1) is 8.09. The van der Waals surface area contributed by atoms with Crippen molar-refractivity contribution in [3.05, 3.63) is 34.1 Å². The minimum absolute atomic E-state index is 0.126. The van der Waals surface area contributed by atoms with Gasteiger partial charge in [-0.05, 0) is 18.2 Å². The quantitative estimate of drug-likeness (QED) is 0.850. The van der Waals surface area contributed by atoms with Crippen molar-refractivity contribution in [3.8, 4) is 0 Å². The Kier molecular flexibility index (Phi) is 4.87. The molecule has 0 radical (unpaired) electrons. The van der Waals surface area contributed by atoms with E-state index in [1.807, 2.05) is 4.72 Å². The van der Waals surface area contributed by atoms with E-state index < -0.39 is 30.8 Å². The molecule has 0 aliphatic carbocycles. The van der Waals surface area contributed by atoms with Gasteiger partial charge in [-0.3, -0.25) is 0 Å². The van der Waals surface area contributed by atoms with E-state index in [9.17, 15) is 21.2 Å². The third kappa shape index (κ3) is 5.42. The normalized spacial score (nSPS) is 12.6. The van der Waals surface area contributed by atoms with Gasteiger partial charge in [0.2, 0.25) is 10.0 Å². The Morgan fingerprint density at radius 1 is 1.28 bits per heavy atom. The van der Waals surface area contributed by atoms with Crippen molar-refractivity contribution in [2.75, 3.05) is 11.3 Å². The number of hydrogen-bond acceptors (Lipinski definition) is 4. The fourth-order valence-corrected chi connectivity index (χ4v) is 4.56. The molecule has 0 saturated carbocycles. The molecule has 18 heavy (non-hydrogen) atoms. The first-order valence-electron chi connectivity index (χ1n) is 4.68. The minimum atomic E-state index is -3.99. The van der Waals surface area contributed by atoms with E-state index in [2.05, 4.69) is 15.9 Å². The van der Waals surface area contributed by atoms with Crippen molar-refractivity contribution in [1.29, 1.82) is 0 Å². The van der Waals surface area contributed by atoms with Crippen LogP contribution in [0.3, 0.4) is 0 Å². The van der Waals surface area contributed by atoms with Crippen LogP contribution in [0.1, 0.15) is 5.56 Å². The fraction of sp³-hybridized carbons (Fsp3) is 0.333. The molecule has 5 nitrogen and oxygen atoms in total. The maximum Gasteiger partial charge on any atom is 0.226 e. The molecular formula is C9H11BrFNO4S2. The van der Waals surface area contributed by atoms with E-state index in [1.54, 1.807) is 0 Å². The van der Waals surface area contributed by atoms with E-state index in [1.165, 1.54) is 18.2 Å². The Balaban J connectivity index is 2.79. The Morgan fingerprint density at radius 3 is 2.44 bits per heavy atom. The van der Waals surface area contributed by atoms with Crippen LogP contribution in [0.15, 0.2) is 22.7 Å². The van der Waals surface area contributed by atoms with Gasteiger partial charge in [0.15, 0.2) is 14.9 Å². The smallest absolute Gasteiger partial charge is 0.226 e. The van der Waals surface area contributed by atoms with Crippen LogP contribution in [-0.2, 0) is 26.4 Å². The zero-order valence-corrected chi connectivity index (χ0v) is 12.6. The summed E-state index contributed by atoms with van der Waals surface area (Å²) in [7, 11) is -7.64. The second kappa shape index (κ2) is 5.64. The molecule has 1 aromatic carbocycles. The van der Waals surface area contributed by atoms with Gasteiger partial charge in [-0.2, -0.15) is 0 Å². The number of halogens is 2. The van der Waals surface area contributed by atoms with Gasteiger partial charge in [0.05, 0.1) is 0 Å². The summed E-state index contributed by atoms with van der Waals surface area (Å²) in [4.78, 5) is 0. The van der Waals surface area contributed by atoms with Gasteiger partial charge in [-0.15, -0.1) is 0 Å². The molecule has 0 aliphatic rings. The highest BCUT2D eigenvalue weighted by molar-refractivity contribution is 9.10. The number of nitrogens with one attached hydrogen (secondary N) is 1. The lowest BCUT2D eigenvalue weighted by molar-refractivity contribution is 0.575. The van der Waals surface area contributed by atoms with Crippen molar-refractivity contribution in [2.45, 2.75) is 6.54 Å². The van der Waals surface area contributed by atoms with Crippen LogP contribution in [0, 0.1) is 5.82 Å². The average molecular weight is 360 g/mol. The van der Waals surface area contributed by atoms with Crippen LogP contribution in [0.25, 0.3) is 0 Å². The Bertz CT molecular complexity index is 643. The minimum Gasteiger partial charge on any atom is -0.228 e. The molecular weight excluding hydrogens is 349 g/mol. The van der Waals surface area contributed by atoms with Gasteiger partial charge in [0, 0.05) is 22.8 Å². The summed E-state index contributed by atoms with van der Waals surface area (Å²) in [6, 6.07) is 4.08. The molecule has 0 atom stereocenters. The molecule has 1 N–H and O–H groups in total. The molecule has 0 aromatic heterocycles. The lowest BCUT2D eigenvalue weighted by atomic mass is 10.2. The largest absolute Gasteiger partial charge is 0.228 e. The van der Waals surface area contributed by atoms with Crippen LogP contribution < -0.4 is 4.72 Å². The van der Waals surface area contributed by atoms with Crippen LogP contribution in [0.5, 0.6) is 0 Å². The van der Waals surface area contributed by atoms with Crippen LogP contribution in [-0.4, -0.2) is 28.2 Å². The van der Waals surface area contributed by atoms with Gasteiger partial charge in [-0.1, -0.05) is 15.9 Å². The van der Waals surface area contributed by atoms with E-state index >= 15 is 0 Å². The number of rotatable bonds is 5. The van der Waals surface area contributed by atoms with Crippen molar-refractivity contribution >= 4 is 35.8 Å². The molecule has 1 aromatic rings. The second-order valence-corrected chi connectivity index (χ2v) is 8.94. The van der Waals surface area contributed by atoms with Gasteiger partial charge < -0.3 is 0 Å². The predicted octanol–water partition coefficient (Wildman–Crippen LogP) is 1.01. The maximum atomic E-state index is 13.3. The Labute approximate surface area is 113 Å². The van der Waals surface area contributed by atoms with Gasteiger partial charge >= 0.3 is 0 Å². The number of hydrogen-bond donors (Lipinski definition) is 1. The first kappa shape index (κ1) is 15.5. The van der Waals surface area contributed by atoms with Gasteiger partial charge in [0.25, 0.3) is 0 Å². The highest BCUT2D eigenvalue weighted by Gasteiger charge is 2.18. The first-order valence-corrected chi connectivity index (χ1v) is 9.19. The molecule has 1 rings (SSSR count). The third-order valence-electron chi connectivity index (χ3n) is 1.86. The zero-order chi connectivity index (χ0) is 14.0. The highest BCUT2D eigenvalue weighted by Crippen LogP contribution is 2.15. The summed E-state index contributed by atoms with van der Waals surface area (Å²) in [5, 5.41) is -1.02. The fourth-order valence-electron chi connectivity index (χ4n) is 1.19. The Hall–Kier alpha value is -0.510. The second-order valence-electron chi connectivity index (χ2n) is 3.72. The monoisotopic (exact) mass is 359 g/mol. The van der Waals surface area contributed by atoms with Crippen LogP contribution in [0.4, 0.5) is 4.39 Å². The molecule has 0 spiro atoms. The summed E-state index contributed by atoms with van der Waals surface area (Å²) in [6.45, 7) is -0.302. The number of sulfone groups is 1. The van der Waals surface area contributed by atoms with Crippen molar-refractivity contribution in [2.24, 2.45) is 0 Å². The van der Waals surface area contributed by atoms with E-state index in [-0.39, 0.29) is 12.1 Å². The summed E-state index contributed by atoms with van der Waals surface area (Å²) in [5.41, 5.74) is 0.126. The van der Waals surface area contributed by atoms with Crippen molar-refractivity contribution in [1.82, 2.24) is 4.72 Å². The molecule has 0 aliphatic heterocycles. The molecule has 0 bridgehead atoms. The molecule has 0 fully saturated rings. The molecule has 9 heteroatoms. The number of sulfonamides is 1. The lowest BCUT2D eigenvalue weighted by Crippen LogP contribution is -2.29. The van der Waals surface area contributed by atoms with Crippen molar-refractivity contribution < 1.29 is 21.2 Å². The SMILES string of the molecule is CS(=O)(=O)CS(=O)(=O)NCc1cc(Br)ccc1F. The Morgan fingerprint density at radius 2 is 1.89 bits per heavy atom. The standard InChI is InChI=1S/C9H11BrFNO4S2/c1-17(13,14)6-18(15,16)12-5-7-4-8(10)2-3-9(7)11/h2-4,12H,5-6H2,1H3. The zero-order valence-electron chi connectivity index (χ0n) is 9.35. The molecule has 0 unspecified atom stereocenters. The van der Waals surface area contributed by atoms with E-state index in [0.29, 0.717) is 4.47 Å². The molecule has 0 amide bonds. The van der Waals surface area contributed by atoms with E-state index in [0.717, 1.165) is 6.26 Å². The van der Waals surface area contributed by atoms with Gasteiger partial charge in [0.1, 0.15) is 5.82 Å². The predicted molar refractivity (Wildman–Crippen MR) is 69.6 cm³/mol. The molecule has 102 valence electrons.